The Morgan fingerprint density at radius 2 is 1.54 bits per heavy atom. The molecule has 0 aliphatic heterocycles. The number of hydrogen-bond donors (Lipinski definition) is 0. The van der Waals surface area contributed by atoms with E-state index in [4.69, 9.17) is 4.74 Å². The normalized spacial score (nSPS) is 11.1. The van der Waals surface area contributed by atoms with E-state index in [-0.39, 0.29) is 5.82 Å². The van der Waals surface area contributed by atoms with Gasteiger partial charge in [0.15, 0.2) is 0 Å². The topological polar surface area (TPSA) is 27.1 Å². The van der Waals surface area contributed by atoms with Crippen molar-refractivity contribution in [3.63, 3.8) is 0 Å². The van der Waals surface area contributed by atoms with E-state index in [1.165, 1.54) is 6.07 Å². The molecule has 28 heavy (non-hydrogen) atoms. The zero-order chi connectivity index (χ0) is 19.3. The lowest BCUT2D eigenvalue weighted by Gasteiger charge is -2.11. The first kappa shape index (κ1) is 17.7. The Labute approximate surface area is 163 Å². The van der Waals surface area contributed by atoms with Crippen LogP contribution < -0.4 is 0 Å². The fourth-order valence-corrected chi connectivity index (χ4v) is 3.17. The van der Waals surface area contributed by atoms with Crippen molar-refractivity contribution in [1.82, 2.24) is 9.78 Å². The predicted molar refractivity (Wildman–Crippen MR) is 110 cm³/mol. The Balaban J connectivity index is 1.81. The lowest BCUT2D eigenvalue weighted by atomic mass is 10.0. The van der Waals surface area contributed by atoms with Crippen molar-refractivity contribution >= 4 is 6.08 Å². The number of hydrogen-bond acceptors (Lipinski definition) is 2. The van der Waals surface area contributed by atoms with Gasteiger partial charge in [0, 0.05) is 11.1 Å². The molecule has 0 atom stereocenters. The average molecular weight is 370 g/mol. The molecule has 138 valence electrons. The molecule has 0 unspecified atom stereocenters. The van der Waals surface area contributed by atoms with E-state index in [0.717, 1.165) is 22.4 Å². The number of rotatable bonds is 5. The van der Waals surface area contributed by atoms with Crippen LogP contribution in [0.5, 0.6) is 0 Å². The van der Waals surface area contributed by atoms with Crippen LogP contribution in [-0.2, 0) is 4.74 Å². The largest absolute Gasteiger partial charge is 0.504 e. The third-order valence-electron chi connectivity index (χ3n) is 4.53. The van der Waals surface area contributed by atoms with Gasteiger partial charge in [0.25, 0.3) is 0 Å². The minimum Gasteiger partial charge on any atom is -0.504 e. The van der Waals surface area contributed by atoms with Crippen LogP contribution in [0.15, 0.2) is 91.3 Å². The van der Waals surface area contributed by atoms with Gasteiger partial charge in [-0.1, -0.05) is 54.6 Å². The number of ether oxygens (including phenoxy) is 1. The summed E-state index contributed by atoms with van der Waals surface area (Å²) in [4.78, 5) is 0. The van der Waals surface area contributed by atoms with Crippen molar-refractivity contribution in [2.45, 2.75) is 0 Å². The van der Waals surface area contributed by atoms with Crippen LogP contribution in [0.1, 0.15) is 5.56 Å². The standard InChI is InChI=1S/C24H19FN2O/c1-28-16-15-20-17-26-27(24(20)22-9-5-6-10-23(22)25)21-13-11-19(12-14-21)18-7-3-2-4-8-18/h2-17H,1H3/b16-15+. The van der Waals surface area contributed by atoms with Crippen molar-refractivity contribution in [2.75, 3.05) is 7.11 Å². The second kappa shape index (κ2) is 7.92. The zero-order valence-electron chi connectivity index (χ0n) is 15.4. The van der Waals surface area contributed by atoms with Crippen LogP contribution in [0.2, 0.25) is 0 Å². The van der Waals surface area contributed by atoms with Gasteiger partial charge in [0.1, 0.15) is 5.82 Å². The Kier molecular flexibility index (Phi) is 5.02. The van der Waals surface area contributed by atoms with Gasteiger partial charge in [-0.25, -0.2) is 9.07 Å². The lowest BCUT2D eigenvalue weighted by molar-refractivity contribution is 0.341. The van der Waals surface area contributed by atoms with Crippen LogP contribution >= 0.6 is 0 Å². The van der Waals surface area contributed by atoms with E-state index in [2.05, 4.69) is 17.2 Å². The summed E-state index contributed by atoms with van der Waals surface area (Å²) in [7, 11) is 1.58. The first-order valence-corrected chi connectivity index (χ1v) is 8.96. The lowest BCUT2D eigenvalue weighted by Crippen LogP contribution is -2.00. The second-order valence-corrected chi connectivity index (χ2v) is 6.29. The number of nitrogens with zero attached hydrogens (tertiary/aromatic N) is 2. The quantitative estimate of drug-likeness (QED) is 0.405. The van der Waals surface area contributed by atoms with E-state index >= 15 is 0 Å². The fraction of sp³-hybridized carbons (Fsp3) is 0.0417. The Bertz CT molecular complexity index is 1100. The summed E-state index contributed by atoms with van der Waals surface area (Å²) in [5.41, 5.74) is 5.06. The summed E-state index contributed by atoms with van der Waals surface area (Å²) in [6, 6.07) is 24.9. The smallest absolute Gasteiger partial charge is 0.132 e. The Morgan fingerprint density at radius 1 is 0.857 bits per heavy atom. The summed E-state index contributed by atoms with van der Waals surface area (Å²) in [5.74, 6) is -0.294. The highest BCUT2D eigenvalue weighted by molar-refractivity contribution is 5.74. The van der Waals surface area contributed by atoms with Crippen LogP contribution in [0.4, 0.5) is 4.39 Å². The second-order valence-electron chi connectivity index (χ2n) is 6.29. The molecule has 3 aromatic carbocycles. The van der Waals surface area contributed by atoms with Gasteiger partial charge in [-0.2, -0.15) is 5.10 Å². The van der Waals surface area contributed by atoms with E-state index in [1.54, 1.807) is 42.5 Å². The van der Waals surface area contributed by atoms with Crippen LogP contribution in [-0.4, -0.2) is 16.9 Å². The molecule has 1 aromatic heterocycles. The number of benzene rings is 3. The molecule has 0 radical (unpaired) electrons. The third kappa shape index (κ3) is 3.45. The SMILES string of the molecule is CO/C=C/c1cnn(-c2ccc(-c3ccccc3)cc2)c1-c1ccccc1F. The minimum absolute atomic E-state index is 0.294. The van der Waals surface area contributed by atoms with E-state index in [9.17, 15) is 4.39 Å². The van der Waals surface area contributed by atoms with Gasteiger partial charge >= 0.3 is 0 Å². The van der Waals surface area contributed by atoms with E-state index < -0.39 is 0 Å². The summed E-state index contributed by atoms with van der Waals surface area (Å²) in [6.07, 6.45) is 5.05. The maximum absolute atomic E-state index is 14.5. The molecule has 4 aromatic rings. The van der Waals surface area contributed by atoms with Crippen LogP contribution in [0.3, 0.4) is 0 Å². The summed E-state index contributed by atoms with van der Waals surface area (Å²) in [5, 5.41) is 4.50. The van der Waals surface area contributed by atoms with Gasteiger partial charge < -0.3 is 4.74 Å². The molecular formula is C24H19FN2O. The molecule has 0 saturated heterocycles. The van der Waals surface area contributed by atoms with Gasteiger partial charge in [-0.15, -0.1) is 0 Å². The predicted octanol–water partition coefficient (Wildman–Crippen LogP) is 5.96. The van der Waals surface area contributed by atoms with Crippen molar-refractivity contribution in [2.24, 2.45) is 0 Å². The van der Waals surface area contributed by atoms with Crippen molar-refractivity contribution in [3.05, 3.63) is 103 Å². The maximum atomic E-state index is 14.5. The average Bonchev–Trinajstić information content (AvgIpc) is 3.17. The summed E-state index contributed by atoms with van der Waals surface area (Å²) >= 11 is 0. The molecule has 0 aliphatic rings. The van der Waals surface area contributed by atoms with Crippen molar-refractivity contribution in [3.8, 4) is 28.1 Å². The Morgan fingerprint density at radius 3 is 2.25 bits per heavy atom. The Hall–Kier alpha value is -3.66. The molecule has 4 rings (SSSR count). The van der Waals surface area contributed by atoms with Crippen LogP contribution in [0.25, 0.3) is 34.1 Å². The molecule has 4 heteroatoms. The van der Waals surface area contributed by atoms with Crippen molar-refractivity contribution in [1.29, 1.82) is 0 Å². The molecular weight excluding hydrogens is 351 g/mol. The van der Waals surface area contributed by atoms with E-state index in [1.807, 2.05) is 48.5 Å². The number of halogens is 1. The molecule has 0 bridgehead atoms. The number of methoxy groups -OCH3 is 1. The van der Waals surface area contributed by atoms with Gasteiger partial charge in [0.05, 0.1) is 31.0 Å². The molecule has 0 fully saturated rings. The molecule has 0 saturated carbocycles. The zero-order valence-corrected chi connectivity index (χ0v) is 15.4. The first-order chi connectivity index (χ1) is 13.8. The molecule has 0 spiro atoms. The third-order valence-corrected chi connectivity index (χ3v) is 4.53. The fourth-order valence-electron chi connectivity index (χ4n) is 3.17. The monoisotopic (exact) mass is 370 g/mol. The molecule has 1 heterocycles. The molecule has 0 amide bonds. The van der Waals surface area contributed by atoms with Gasteiger partial charge in [-0.3, -0.25) is 0 Å². The van der Waals surface area contributed by atoms with E-state index in [0.29, 0.717) is 11.3 Å². The maximum Gasteiger partial charge on any atom is 0.132 e. The highest BCUT2D eigenvalue weighted by Crippen LogP contribution is 2.30. The van der Waals surface area contributed by atoms with Gasteiger partial charge in [-0.05, 0) is 41.5 Å². The number of aromatic nitrogens is 2. The summed E-state index contributed by atoms with van der Waals surface area (Å²) in [6.45, 7) is 0. The van der Waals surface area contributed by atoms with Crippen molar-refractivity contribution < 1.29 is 9.13 Å². The molecule has 3 nitrogen and oxygen atoms in total. The van der Waals surface area contributed by atoms with Crippen LogP contribution in [0, 0.1) is 5.82 Å². The highest BCUT2D eigenvalue weighted by Gasteiger charge is 2.16. The molecule has 0 N–H and O–H groups in total. The first-order valence-electron chi connectivity index (χ1n) is 8.96. The van der Waals surface area contributed by atoms with Gasteiger partial charge in [0.2, 0.25) is 0 Å². The summed E-state index contributed by atoms with van der Waals surface area (Å²) < 4.78 is 21.3. The highest BCUT2D eigenvalue weighted by atomic mass is 19.1. The minimum atomic E-state index is -0.294. The molecule has 0 aliphatic carbocycles.